The molecule has 0 bridgehead atoms. The number of hydrogen-bond donors (Lipinski definition) is 2. The van der Waals surface area contributed by atoms with E-state index in [1.807, 2.05) is 42.7 Å². The van der Waals surface area contributed by atoms with Gasteiger partial charge < -0.3 is 24.8 Å². The molecule has 6 heteroatoms. The third-order valence-corrected chi connectivity index (χ3v) is 5.25. The summed E-state index contributed by atoms with van der Waals surface area (Å²) in [5.41, 5.74) is 2.40. The fourth-order valence-corrected chi connectivity index (χ4v) is 3.64. The number of nitrogens with zero attached hydrogens (tertiary/aromatic N) is 2. The van der Waals surface area contributed by atoms with Gasteiger partial charge in [-0.25, -0.2) is 0 Å². The average molecular weight is 400 g/mol. The van der Waals surface area contributed by atoms with E-state index in [0.29, 0.717) is 18.0 Å². The van der Waals surface area contributed by atoms with Crippen molar-refractivity contribution in [1.29, 1.82) is 0 Å². The van der Waals surface area contributed by atoms with Crippen LogP contribution in [0.4, 0.5) is 0 Å². The monoisotopic (exact) mass is 399 g/mol. The molecular formula is C23H33N3O3. The lowest BCUT2D eigenvalue weighted by atomic mass is 10.1. The van der Waals surface area contributed by atoms with E-state index in [-0.39, 0.29) is 6.61 Å². The molecule has 1 aromatic heterocycles. The molecule has 3 rings (SSSR count). The number of aliphatic hydroxyl groups is 1. The Labute approximate surface area is 173 Å². The number of rotatable bonds is 11. The summed E-state index contributed by atoms with van der Waals surface area (Å²) in [6.07, 6.45) is 7.84. The van der Waals surface area contributed by atoms with Crippen molar-refractivity contribution >= 4 is 0 Å². The van der Waals surface area contributed by atoms with Crippen molar-refractivity contribution in [3.05, 3.63) is 53.9 Å². The van der Waals surface area contributed by atoms with E-state index in [0.717, 1.165) is 38.2 Å². The summed E-state index contributed by atoms with van der Waals surface area (Å²) in [5.74, 6) is 1.37. The highest BCUT2D eigenvalue weighted by atomic mass is 16.5. The lowest BCUT2D eigenvalue weighted by molar-refractivity contribution is 0.0608. The first-order chi connectivity index (χ1) is 14.2. The van der Waals surface area contributed by atoms with Crippen molar-refractivity contribution < 1.29 is 14.6 Å². The minimum atomic E-state index is -0.500. The van der Waals surface area contributed by atoms with Crippen LogP contribution in [0.2, 0.25) is 0 Å². The Bertz CT molecular complexity index is 721. The maximum atomic E-state index is 10.4. The molecule has 1 aliphatic rings. The molecule has 158 valence electrons. The number of aromatic nitrogens is 1. The summed E-state index contributed by atoms with van der Waals surface area (Å²) >= 11 is 0. The van der Waals surface area contributed by atoms with Gasteiger partial charge in [-0.15, -0.1) is 0 Å². The molecule has 0 spiro atoms. The predicted octanol–water partition coefficient (Wildman–Crippen LogP) is 2.65. The van der Waals surface area contributed by atoms with Gasteiger partial charge in [0.2, 0.25) is 0 Å². The van der Waals surface area contributed by atoms with E-state index >= 15 is 0 Å². The molecule has 6 nitrogen and oxygen atoms in total. The zero-order chi connectivity index (χ0) is 20.3. The van der Waals surface area contributed by atoms with Crippen molar-refractivity contribution in [3.8, 4) is 11.5 Å². The number of β-amino-alcohol motifs (C(OH)–C–C–N with tert-alkyl or cyclic N) is 1. The summed E-state index contributed by atoms with van der Waals surface area (Å²) in [4.78, 5) is 6.36. The predicted molar refractivity (Wildman–Crippen MR) is 114 cm³/mol. The van der Waals surface area contributed by atoms with Crippen LogP contribution in [0.15, 0.2) is 42.7 Å². The Morgan fingerprint density at radius 1 is 1.07 bits per heavy atom. The summed E-state index contributed by atoms with van der Waals surface area (Å²) in [7, 11) is 1.64. The van der Waals surface area contributed by atoms with E-state index < -0.39 is 6.10 Å². The molecule has 1 unspecified atom stereocenters. The second-order valence-electron chi connectivity index (χ2n) is 7.59. The van der Waals surface area contributed by atoms with Crippen molar-refractivity contribution in [2.75, 3.05) is 39.9 Å². The largest absolute Gasteiger partial charge is 0.493 e. The highest BCUT2D eigenvalue weighted by Gasteiger charge is 2.16. The van der Waals surface area contributed by atoms with Gasteiger partial charge in [0.25, 0.3) is 0 Å². The molecule has 0 aliphatic carbocycles. The second-order valence-corrected chi connectivity index (χ2v) is 7.59. The van der Waals surface area contributed by atoms with Crippen LogP contribution in [0.1, 0.15) is 30.4 Å². The molecule has 2 aromatic rings. The third-order valence-electron chi connectivity index (χ3n) is 5.25. The molecule has 1 saturated heterocycles. The van der Waals surface area contributed by atoms with E-state index in [1.165, 1.54) is 24.8 Å². The van der Waals surface area contributed by atoms with Crippen LogP contribution < -0.4 is 14.8 Å². The molecule has 1 aliphatic heterocycles. The lowest BCUT2D eigenvalue weighted by Crippen LogP contribution is -2.38. The summed E-state index contributed by atoms with van der Waals surface area (Å²) < 4.78 is 11.3. The smallest absolute Gasteiger partial charge is 0.161 e. The van der Waals surface area contributed by atoms with Crippen molar-refractivity contribution in [2.45, 2.75) is 38.3 Å². The molecule has 29 heavy (non-hydrogen) atoms. The minimum absolute atomic E-state index is 0.270. The lowest BCUT2D eigenvalue weighted by Gasteiger charge is -2.28. The van der Waals surface area contributed by atoms with Gasteiger partial charge in [-0.3, -0.25) is 4.98 Å². The van der Waals surface area contributed by atoms with Gasteiger partial charge in [0.05, 0.1) is 7.11 Å². The van der Waals surface area contributed by atoms with E-state index in [4.69, 9.17) is 9.47 Å². The number of benzene rings is 1. The van der Waals surface area contributed by atoms with Gasteiger partial charge in [-0.2, -0.15) is 0 Å². The highest BCUT2D eigenvalue weighted by Crippen LogP contribution is 2.28. The van der Waals surface area contributed by atoms with Crippen LogP contribution in [0.5, 0.6) is 11.5 Å². The molecule has 2 N–H and O–H groups in total. The van der Waals surface area contributed by atoms with Crippen molar-refractivity contribution in [1.82, 2.24) is 15.2 Å². The fourth-order valence-electron chi connectivity index (χ4n) is 3.64. The van der Waals surface area contributed by atoms with Gasteiger partial charge in [-0.05, 0) is 74.3 Å². The van der Waals surface area contributed by atoms with E-state index in [1.54, 1.807) is 7.11 Å². The standard InChI is InChI=1S/C23H33N3O3/c1-28-22-6-5-20(16-25-12-9-19-7-10-24-11-8-19)15-23(22)29-18-21(27)17-26-13-3-2-4-14-26/h5-8,10-11,15,21,25,27H,2-4,9,12-14,16-18H2,1H3. The van der Waals surface area contributed by atoms with Crippen LogP contribution in [-0.2, 0) is 13.0 Å². The Morgan fingerprint density at radius 3 is 2.62 bits per heavy atom. The summed E-state index contributed by atoms with van der Waals surface area (Å²) in [6.45, 7) is 4.72. The number of pyridine rings is 1. The molecule has 2 heterocycles. The molecule has 0 radical (unpaired) electrons. The van der Waals surface area contributed by atoms with Gasteiger partial charge >= 0.3 is 0 Å². The first-order valence-electron chi connectivity index (χ1n) is 10.5. The number of nitrogens with one attached hydrogen (secondary N) is 1. The summed E-state index contributed by atoms with van der Waals surface area (Å²) in [5, 5.41) is 13.8. The molecule has 0 saturated carbocycles. The molecule has 0 amide bonds. The highest BCUT2D eigenvalue weighted by molar-refractivity contribution is 5.43. The van der Waals surface area contributed by atoms with Crippen LogP contribution in [0, 0.1) is 0 Å². The SMILES string of the molecule is COc1ccc(CNCCc2ccncc2)cc1OCC(O)CN1CCCCC1. The van der Waals surface area contributed by atoms with Crippen molar-refractivity contribution in [2.24, 2.45) is 0 Å². The van der Waals surface area contributed by atoms with Crippen LogP contribution in [0.25, 0.3) is 0 Å². The Balaban J connectivity index is 1.46. The first-order valence-corrected chi connectivity index (χ1v) is 10.5. The Morgan fingerprint density at radius 2 is 1.86 bits per heavy atom. The number of methoxy groups -OCH3 is 1. The zero-order valence-electron chi connectivity index (χ0n) is 17.3. The van der Waals surface area contributed by atoms with Crippen LogP contribution in [-0.4, -0.2) is 61.0 Å². The normalized spacial score (nSPS) is 15.8. The van der Waals surface area contributed by atoms with Gasteiger partial charge in [0, 0.05) is 25.5 Å². The molecule has 1 fully saturated rings. The molecular weight excluding hydrogens is 366 g/mol. The topological polar surface area (TPSA) is 66.8 Å². The number of likely N-dealkylation sites (tertiary alicyclic amines) is 1. The molecule has 1 atom stereocenters. The van der Waals surface area contributed by atoms with Gasteiger partial charge in [0.1, 0.15) is 12.7 Å². The van der Waals surface area contributed by atoms with Gasteiger partial charge in [0.15, 0.2) is 11.5 Å². The van der Waals surface area contributed by atoms with Crippen LogP contribution in [0.3, 0.4) is 0 Å². The zero-order valence-corrected chi connectivity index (χ0v) is 17.3. The fraction of sp³-hybridized carbons (Fsp3) is 0.522. The maximum absolute atomic E-state index is 10.4. The third kappa shape index (κ3) is 7.31. The van der Waals surface area contributed by atoms with E-state index in [2.05, 4.69) is 15.2 Å². The van der Waals surface area contributed by atoms with Crippen LogP contribution >= 0.6 is 0 Å². The van der Waals surface area contributed by atoms with E-state index in [9.17, 15) is 5.11 Å². The number of piperidine rings is 1. The first kappa shape index (κ1) is 21.6. The quantitative estimate of drug-likeness (QED) is 0.567. The Kier molecular flexibility index (Phi) is 8.74. The maximum Gasteiger partial charge on any atom is 0.161 e. The Hall–Kier alpha value is -2.15. The average Bonchev–Trinajstić information content (AvgIpc) is 2.77. The van der Waals surface area contributed by atoms with Crippen molar-refractivity contribution in [3.63, 3.8) is 0 Å². The number of hydrogen-bond acceptors (Lipinski definition) is 6. The number of aliphatic hydroxyl groups excluding tert-OH is 1. The minimum Gasteiger partial charge on any atom is -0.493 e. The molecule has 1 aromatic carbocycles. The van der Waals surface area contributed by atoms with Gasteiger partial charge in [-0.1, -0.05) is 12.5 Å². The summed E-state index contributed by atoms with van der Waals surface area (Å²) in [6, 6.07) is 10.0. The number of ether oxygens (including phenoxy) is 2. The second kappa shape index (κ2) is 11.8.